The number of aliphatic carboxylic acids is 1. The minimum Gasteiger partial charge on any atom is -0.481 e. The van der Waals surface area contributed by atoms with E-state index < -0.39 is 23.7 Å². The molecule has 0 aliphatic carbocycles. The van der Waals surface area contributed by atoms with E-state index in [1.165, 1.54) is 0 Å². The van der Waals surface area contributed by atoms with Crippen molar-refractivity contribution in [3.05, 3.63) is 108 Å². The standard InChI is InChI=1S/C36H28N4O6/c1-20(33(42)24-13-15-28-30(18-24)46-35(38-28)22-10-6-3-7-11-22)26(36(43)44)16-25-19-31(41)39-40-32(25)23-12-14-27-29(17-23)45-34(37-27)21-8-4-2-5-9-21/h2-15,17-18,20,25-26H,16,19H2,1H3,(H,39,41)(H,43,44)/t20-,25?,26-/m0/s1. The molecule has 1 unspecified atom stereocenters. The molecule has 0 spiro atoms. The summed E-state index contributed by atoms with van der Waals surface area (Å²) in [6.07, 6.45) is 0.0560. The van der Waals surface area contributed by atoms with E-state index in [0.717, 1.165) is 11.1 Å². The van der Waals surface area contributed by atoms with Crippen molar-refractivity contribution < 1.29 is 28.3 Å². The number of nitrogens with one attached hydrogen (secondary N) is 1. The molecule has 1 amide bonds. The van der Waals surface area contributed by atoms with Crippen molar-refractivity contribution in [3.8, 4) is 22.9 Å². The molecular formula is C36H28N4O6. The summed E-state index contributed by atoms with van der Waals surface area (Å²) in [4.78, 5) is 47.8. The number of benzene rings is 4. The molecule has 6 aromatic rings. The summed E-state index contributed by atoms with van der Waals surface area (Å²) >= 11 is 0. The number of amides is 1. The Morgan fingerprint density at radius 2 is 1.41 bits per heavy atom. The lowest BCUT2D eigenvalue weighted by atomic mass is 9.77. The van der Waals surface area contributed by atoms with Crippen molar-refractivity contribution >= 4 is 45.6 Å². The Balaban J connectivity index is 1.14. The lowest BCUT2D eigenvalue weighted by Gasteiger charge is -2.27. The van der Waals surface area contributed by atoms with Crippen LogP contribution in [0.1, 0.15) is 35.7 Å². The molecular weight excluding hydrogens is 584 g/mol. The van der Waals surface area contributed by atoms with Crippen LogP contribution >= 0.6 is 0 Å². The molecule has 0 fully saturated rings. The number of nitrogens with zero attached hydrogens (tertiary/aromatic N) is 3. The summed E-state index contributed by atoms with van der Waals surface area (Å²) in [5.74, 6) is -3.43. The molecule has 3 atom stereocenters. The number of carboxylic acids is 1. The second kappa shape index (κ2) is 11.9. The van der Waals surface area contributed by atoms with Gasteiger partial charge in [0.2, 0.25) is 17.7 Å². The maximum absolute atomic E-state index is 13.7. The molecule has 1 aliphatic heterocycles. The van der Waals surface area contributed by atoms with E-state index in [4.69, 9.17) is 8.83 Å². The molecule has 3 heterocycles. The van der Waals surface area contributed by atoms with Crippen LogP contribution in [0.15, 0.2) is 111 Å². The molecule has 4 aromatic carbocycles. The Labute approximate surface area is 262 Å². The van der Waals surface area contributed by atoms with E-state index in [9.17, 15) is 19.5 Å². The maximum atomic E-state index is 13.7. The van der Waals surface area contributed by atoms with Gasteiger partial charge in [-0.25, -0.2) is 15.4 Å². The van der Waals surface area contributed by atoms with Gasteiger partial charge in [0.05, 0.1) is 11.6 Å². The highest BCUT2D eigenvalue weighted by molar-refractivity contribution is 6.08. The van der Waals surface area contributed by atoms with Gasteiger partial charge in [-0.2, -0.15) is 5.10 Å². The lowest BCUT2D eigenvalue weighted by Crippen LogP contribution is -2.37. The second-order valence-electron chi connectivity index (χ2n) is 11.4. The molecule has 2 aromatic heterocycles. The predicted octanol–water partition coefficient (Wildman–Crippen LogP) is 6.75. The predicted molar refractivity (Wildman–Crippen MR) is 171 cm³/mol. The third kappa shape index (κ3) is 5.56. The number of hydrazone groups is 1. The van der Waals surface area contributed by atoms with Crippen LogP contribution in [0.3, 0.4) is 0 Å². The molecule has 0 saturated carbocycles. The number of carboxylic acid groups (broad SMARTS) is 1. The molecule has 0 bridgehead atoms. The van der Waals surface area contributed by atoms with Crippen LogP contribution in [-0.4, -0.2) is 38.4 Å². The van der Waals surface area contributed by atoms with Gasteiger partial charge >= 0.3 is 5.97 Å². The van der Waals surface area contributed by atoms with E-state index in [2.05, 4.69) is 20.5 Å². The van der Waals surface area contributed by atoms with Crippen LogP contribution in [0.4, 0.5) is 0 Å². The second-order valence-corrected chi connectivity index (χ2v) is 11.4. The van der Waals surface area contributed by atoms with Gasteiger partial charge in [0, 0.05) is 40.5 Å². The van der Waals surface area contributed by atoms with Crippen LogP contribution in [0.2, 0.25) is 0 Å². The van der Waals surface area contributed by atoms with Gasteiger partial charge in [-0.15, -0.1) is 0 Å². The fourth-order valence-corrected chi connectivity index (χ4v) is 5.92. The molecule has 2 N–H and O–H groups in total. The summed E-state index contributed by atoms with van der Waals surface area (Å²) in [6.45, 7) is 1.60. The van der Waals surface area contributed by atoms with E-state index in [-0.39, 0.29) is 24.5 Å². The maximum Gasteiger partial charge on any atom is 0.307 e. The van der Waals surface area contributed by atoms with Gasteiger partial charge < -0.3 is 13.9 Å². The number of carbonyl (C=O) groups excluding carboxylic acids is 2. The fraction of sp³-hybridized carbons (Fsp3) is 0.167. The fourth-order valence-electron chi connectivity index (χ4n) is 5.92. The molecule has 46 heavy (non-hydrogen) atoms. The van der Waals surface area contributed by atoms with E-state index >= 15 is 0 Å². The zero-order valence-corrected chi connectivity index (χ0v) is 24.7. The molecule has 228 valence electrons. The number of hydrogen-bond donors (Lipinski definition) is 2. The summed E-state index contributed by atoms with van der Waals surface area (Å²) in [6, 6.07) is 29.3. The van der Waals surface area contributed by atoms with Crippen molar-refractivity contribution in [1.29, 1.82) is 0 Å². The van der Waals surface area contributed by atoms with Crippen molar-refractivity contribution in [1.82, 2.24) is 15.4 Å². The van der Waals surface area contributed by atoms with Gasteiger partial charge in [-0.3, -0.25) is 14.4 Å². The quantitative estimate of drug-likeness (QED) is 0.170. The average Bonchev–Trinajstić information content (AvgIpc) is 3.71. The highest BCUT2D eigenvalue weighted by Crippen LogP contribution is 2.33. The Bertz CT molecular complexity index is 2130. The highest BCUT2D eigenvalue weighted by atomic mass is 16.4. The van der Waals surface area contributed by atoms with Gasteiger partial charge in [-0.05, 0) is 61.0 Å². The van der Waals surface area contributed by atoms with Crippen molar-refractivity contribution in [2.75, 3.05) is 0 Å². The summed E-state index contributed by atoms with van der Waals surface area (Å²) in [5.41, 5.74) is 7.88. The third-order valence-corrected chi connectivity index (χ3v) is 8.39. The zero-order chi connectivity index (χ0) is 31.8. The number of hydrogen-bond acceptors (Lipinski definition) is 8. The van der Waals surface area contributed by atoms with E-state index in [0.29, 0.717) is 50.8 Å². The van der Waals surface area contributed by atoms with Gasteiger partial charge in [0.25, 0.3) is 0 Å². The van der Waals surface area contributed by atoms with Crippen LogP contribution in [0.5, 0.6) is 0 Å². The van der Waals surface area contributed by atoms with Gasteiger partial charge in [-0.1, -0.05) is 49.4 Å². The molecule has 10 heteroatoms. The summed E-state index contributed by atoms with van der Waals surface area (Å²) in [7, 11) is 0. The Hall–Kier alpha value is -5.90. The Morgan fingerprint density at radius 1 is 0.826 bits per heavy atom. The summed E-state index contributed by atoms with van der Waals surface area (Å²) in [5, 5.41) is 14.6. The highest BCUT2D eigenvalue weighted by Gasteiger charge is 2.37. The van der Waals surface area contributed by atoms with Crippen LogP contribution in [-0.2, 0) is 9.59 Å². The third-order valence-electron chi connectivity index (χ3n) is 8.39. The molecule has 0 saturated heterocycles. The number of oxazole rings is 2. The molecule has 10 nitrogen and oxygen atoms in total. The molecule has 0 radical (unpaired) electrons. The minimum absolute atomic E-state index is 0.0273. The average molecular weight is 613 g/mol. The van der Waals surface area contributed by atoms with Crippen molar-refractivity contribution in [2.24, 2.45) is 22.9 Å². The van der Waals surface area contributed by atoms with Crippen molar-refractivity contribution in [2.45, 2.75) is 19.8 Å². The molecule has 7 rings (SSSR count). The van der Waals surface area contributed by atoms with E-state index in [1.54, 1.807) is 37.3 Å². The first-order valence-electron chi connectivity index (χ1n) is 14.9. The lowest BCUT2D eigenvalue weighted by molar-refractivity contribution is -0.143. The zero-order valence-electron chi connectivity index (χ0n) is 24.7. The minimum atomic E-state index is -1.13. The monoisotopic (exact) mass is 612 g/mol. The first-order chi connectivity index (χ1) is 22.3. The summed E-state index contributed by atoms with van der Waals surface area (Å²) < 4.78 is 12.0. The SMILES string of the molecule is C[C@H](C(=O)c1ccc2nc(-c3ccccc3)oc2c1)[C@H](CC1CC(=O)NN=C1c1ccc2nc(-c3ccccc3)oc2c1)C(=O)O. The van der Waals surface area contributed by atoms with Gasteiger partial charge in [0.1, 0.15) is 11.0 Å². The first kappa shape index (κ1) is 28.8. The van der Waals surface area contributed by atoms with Crippen LogP contribution in [0.25, 0.3) is 45.1 Å². The number of ketones is 1. The molecule has 1 aliphatic rings. The first-order valence-corrected chi connectivity index (χ1v) is 14.9. The van der Waals surface area contributed by atoms with Crippen molar-refractivity contribution in [3.63, 3.8) is 0 Å². The number of Topliss-reactive ketones (excluding diaryl/α,β-unsaturated/α-hetero) is 1. The Kier molecular flexibility index (Phi) is 7.45. The number of aromatic nitrogens is 2. The largest absolute Gasteiger partial charge is 0.481 e. The van der Waals surface area contributed by atoms with E-state index in [1.807, 2.05) is 66.7 Å². The van der Waals surface area contributed by atoms with Crippen LogP contribution in [0, 0.1) is 17.8 Å². The smallest absolute Gasteiger partial charge is 0.307 e. The number of rotatable bonds is 9. The number of fused-ring (bicyclic) bond motifs is 2. The van der Waals surface area contributed by atoms with Gasteiger partial charge in [0.15, 0.2) is 16.9 Å². The topological polar surface area (TPSA) is 148 Å². The van der Waals surface area contributed by atoms with Crippen LogP contribution < -0.4 is 5.43 Å². The Morgan fingerprint density at radius 3 is 2.02 bits per heavy atom. The number of carbonyl (C=O) groups is 3. The normalized spacial score (nSPS) is 16.2.